The Bertz CT molecular complexity index is 1380. The van der Waals surface area contributed by atoms with Crippen LogP contribution < -0.4 is 14.4 Å². The number of hydrogen-bond acceptors (Lipinski definition) is 5. The van der Waals surface area contributed by atoms with Crippen LogP contribution in [-0.4, -0.2) is 50.4 Å². The van der Waals surface area contributed by atoms with Gasteiger partial charge in [0.15, 0.2) is 0 Å². The first-order valence-corrected chi connectivity index (χ1v) is 15.2. The number of anilines is 1. The zero-order chi connectivity index (χ0) is 30.0. The van der Waals surface area contributed by atoms with Crippen LogP contribution in [0.25, 0.3) is 0 Å². The highest BCUT2D eigenvalue weighted by Gasteiger charge is 2.34. The molecule has 3 rings (SSSR count). The van der Waals surface area contributed by atoms with Crippen LogP contribution in [0.4, 0.5) is 10.1 Å². The zero-order valence-corrected chi connectivity index (χ0v) is 24.7. The Morgan fingerprint density at radius 2 is 1.54 bits per heavy atom. The van der Waals surface area contributed by atoms with Gasteiger partial charge in [-0.1, -0.05) is 44.2 Å². The highest BCUT2D eigenvalue weighted by atomic mass is 32.2. The SMILES string of the molecule is CCOc1ccc(N(CC(=O)N(Cc2ccccc2)C(CC)C(=O)NC(C)CC)S(=O)(=O)c2ccc(F)cc2)cc1. The van der Waals surface area contributed by atoms with Crippen LogP contribution in [0, 0.1) is 5.82 Å². The third kappa shape index (κ3) is 8.29. The van der Waals surface area contributed by atoms with Gasteiger partial charge in [0.05, 0.1) is 17.2 Å². The molecule has 0 aliphatic carbocycles. The number of carbonyl (C=O) groups excluding carboxylic acids is 2. The monoisotopic (exact) mass is 583 g/mol. The Morgan fingerprint density at radius 3 is 2.10 bits per heavy atom. The van der Waals surface area contributed by atoms with Crippen molar-refractivity contribution in [3.63, 3.8) is 0 Å². The van der Waals surface area contributed by atoms with E-state index in [9.17, 15) is 22.4 Å². The molecule has 10 heteroatoms. The van der Waals surface area contributed by atoms with Crippen LogP contribution in [-0.2, 0) is 26.2 Å². The Morgan fingerprint density at radius 1 is 0.902 bits per heavy atom. The smallest absolute Gasteiger partial charge is 0.264 e. The van der Waals surface area contributed by atoms with Gasteiger partial charge in [-0.15, -0.1) is 0 Å². The van der Waals surface area contributed by atoms with Crippen molar-refractivity contribution >= 4 is 27.5 Å². The van der Waals surface area contributed by atoms with Gasteiger partial charge in [0.1, 0.15) is 24.2 Å². The van der Waals surface area contributed by atoms with Crippen LogP contribution in [0.5, 0.6) is 5.75 Å². The number of nitrogens with zero attached hydrogens (tertiary/aromatic N) is 2. The van der Waals surface area contributed by atoms with Gasteiger partial charge in [-0.05, 0) is 80.8 Å². The van der Waals surface area contributed by atoms with E-state index in [1.165, 1.54) is 4.90 Å². The van der Waals surface area contributed by atoms with Crippen molar-refractivity contribution in [1.29, 1.82) is 0 Å². The number of ether oxygens (including phenoxy) is 1. The number of halogens is 1. The third-order valence-electron chi connectivity index (χ3n) is 6.70. The van der Waals surface area contributed by atoms with Crippen LogP contribution in [0.1, 0.15) is 46.1 Å². The van der Waals surface area contributed by atoms with E-state index in [1.54, 1.807) is 24.3 Å². The molecule has 3 aromatic carbocycles. The summed E-state index contributed by atoms with van der Waals surface area (Å²) in [6, 6.07) is 19.1. The minimum atomic E-state index is -4.30. The van der Waals surface area contributed by atoms with Gasteiger partial charge in [0.2, 0.25) is 11.8 Å². The molecular formula is C31H38FN3O5S. The minimum Gasteiger partial charge on any atom is -0.494 e. The zero-order valence-electron chi connectivity index (χ0n) is 23.9. The molecule has 1 N–H and O–H groups in total. The topological polar surface area (TPSA) is 96.0 Å². The van der Waals surface area contributed by atoms with E-state index < -0.39 is 34.3 Å². The van der Waals surface area contributed by atoms with Gasteiger partial charge in [-0.3, -0.25) is 13.9 Å². The molecule has 220 valence electrons. The number of benzene rings is 3. The molecule has 0 aromatic heterocycles. The molecule has 8 nitrogen and oxygen atoms in total. The lowest BCUT2D eigenvalue weighted by Gasteiger charge is -2.33. The Balaban J connectivity index is 2.04. The predicted octanol–water partition coefficient (Wildman–Crippen LogP) is 5.14. The summed E-state index contributed by atoms with van der Waals surface area (Å²) in [4.78, 5) is 28.6. The van der Waals surface area contributed by atoms with E-state index in [-0.39, 0.29) is 29.1 Å². The first kappa shape index (κ1) is 31.6. The number of hydrogen-bond donors (Lipinski definition) is 1. The summed E-state index contributed by atoms with van der Waals surface area (Å²) in [7, 11) is -4.30. The molecule has 0 fully saturated rings. The molecule has 0 saturated carbocycles. The van der Waals surface area contributed by atoms with Crippen LogP contribution >= 0.6 is 0 Å². The molecule has 0 radical (unpaired) electrons. The first-order valence-electron chi connectivity index (χ1n) is 13.8. The molecule has 2 amide bonds. The maximum absolute atomic E-state index is 14.0. The number of carbonyl (C=O) groups is 2. The number of amides is 2. The second-order valence-electron chi connectivity index (χ2n) is 9.64. The normalized spacial score (nSPS) is 12.7. The highest BCUT2D eigenvalue weighted by molar-refractivity contribution is 7.92. The van der Waals surface area contributed by atoms with Gasteiger partial charge < -0.3 is 15.0 Å². The summed E-state index contributed by atoms with van der Waals surface area (Å²) in [5.74, 6) is -0.903. The highest BCUT2D eigenvalue weighted by Crippen LogP contribution is 2.27. The summed E-state index contributed by atoms with van der Waals surface area (Å²) in [6.07, 6.45) is 1.05. The van der Waals surface area contributed by atoms with Gasteiger partial charge in [0.25, 0.3) is 10.0 Å². The average molecular weight is 584 g/mol. The van der Waals surface area contributed by atoms with Crippen LogP contribution in [0.3, 0.4) is 0 Å². The lowest BCUT2D eigenvalue weighted by Crippen LogP contribution is -2.53. The summed E-state index contributed by atoms with van der Waals surface area (Å²) in [6.45, 7) is 7.45. The largest absolute Gasteiger partial charge is 0.494 e. The molecule has 0 aliphatic rings. The molecule has 3 aromatic rings. The second kappa shape index (κ2) is 14.6. The predicted molar refractivity (Wildman–Crippen MR) is 158 cm³/mol. The Labute approximate surface area is 242 Å². The van der Waals surface area contributed by atoms with E-state index in [0.29, 0.717) is 18.8 Å². The molecule has 0 spiro atoms. The fourth-order valence-corrected chi connectivity index (χ4v) is 5.69. The van der Waals surface area contributed by atoms with Gasteiger partial charge in [0, 0.05) is 12.6 Å². The van der Waals surface area contributed by atoms with Crippen molar-refractivity contribution in [3.8, 4) is 5.75 Å². The van der Waals surface area contributed by atoms with Crippen molar-refractivity contribution in [2.75, 3.05) is 17.5 Å². The lowest BCUT2D eigenvalue weighted by atomic mass is 10.1. The lowest BCUT2D eigenvalue weighted by molar-refractivity contribution is -0.140. The quantitative estimate of drug-likeness (QED) is 0.284. The third-order valence-corrected chi connectivity index (χ3v) is 8.49. The van der Waals surface area contributed by atoms with E-state index in [4.69, 9.17) is 4.74 Å². The van der Waals surface area contributed by atoms with E-state index in [0.717, 1.165) is 40.6 Å². The van der Waals surface area contributed by atoms with Crippen molar-refractivity contribution in [2.24, 2.45) is 0 Å². The van der Waals surface area contributed by atoms with Crippen molar-refractivity contribution in [1.82, 2.24) is 10.2 Å². The Kier molecular flexibility index (Phi) is 11.3. The number of sulfonamides is 1. The maximum Gasteiger partial charge on any atom is 0.264 e. The van der Waals surface area contributed by atoms with Crippen LogP contribution in [0.2, 0.25) is 0 Å². The molecular weight excluding hydrogens is 545 g/mol. The van der Waals surface area contributed by atoms with Gasteiger partial charge >= 0.3 is 0 Å². The molecule has 2 atom stereocenters. The fourth-order valence-electron chi connectivity index (χ4n) is 4.28. The minimum absolute atomic E-state index is 0.0931. The van der Waals surface area contributed by atoms with Gasteiger partial charge in [-0.2, -0.15) is 0 Å². The average Bonchev–Trinajstić information content (AvgIpc) is 2.97. The van der Waals surface area contributed by atoms with Crippen LogP contribution in [0.15, 0.2) is 83.8 Å². The van der Waals surface area contributed by atoms with Gasteiger partial charge in [-0.25, -0.2) is 12.8 Å². The van der Waals surface area contributed by atoms with E-state index in [2.05, 4.69) is 5.32 Å². The molecule has 41 heavy (non-hydrogen) atoms. The van der Waals surface area contributed by atoms with E-state index in [1.807, 2.05) is 58.0 Å². The molecule has 0 heterocycles. The molecule has 0 saturated heterocycles. The fraction of sp³-hybridized carbons (Fsp3) is 0.355. The number of rotatable bonds is 14. The van der Waals surface area contributed by atoms with Crippen molar-refractivity contribution in [3.05, 3.63) is 90.2 Å². The summed E-state index contributed by atoms with van der Waals surface area (Å²) in [5, 5.41) is 2.95. The first-order chi connectivity index (χ1) is 19.6. The Hall–Kier alpha value is -3.92. The standard InChI is InChI=1S/C31H38FN3O5S/c1-5-23(4)33-31(37)29(6-2)34(21-24-11-9-8-10-12-24)30(36)22-35(26-15-17-27(18-16-26)40-7-3)41(38,39)28-19-13-25(32)14-20-28/h8-20,23,29H,5-7,21-22H2,1-4H3,(H,33,37). The van der Waals surface area contributed by atoms with E-state index >= 15 is 0 Å². The van der Waals surface area contributed by atoms with Crippen molar-refractivity contribution < 1.29 is 27.1 Å². The summed E-state index contributed by atoms with van der Waals surface area (Å²) >= 11 is 0. The maximum atomic E-state index is 14.0. The summed E-state index contributed by atoms with van der Waals surface area (Å²) in [5.41, 5.74) is 1.02. The second-order valence-corrected chi connectivity index (χ2v) is 11.5. The van der Waals surface area contributed by atoms with Crippen molar-refractivity contribution in [2.45, 2.75) is 64.1 Å². The summed E-state index contributed by atoms with van der Waals surface area (Å²) < 4.78 is 47.8. The molecule has 0 bridgehead atoms. The molecule has 2 unspecified atom stereocenters. The number of nitrogens with one attached hydrogen (secondary N) is 1. The molecule has 0 aliphatic heterocycles.